The summed E-state index contributed by atoms with van der Waals surface area (Å²) in [5.41, 5.74) is 7.60. The van der Waals surface area contributed by atoms with Gasteiger partial charge in [0.1, 0.15) is 0 Å². The van der Waals surface area contributed by atoms with Crippen LogP contribution < -0.4 is 5.73 Å². The van der Waals surface area contributed by atoms with Gasteiger partial charge in [0.15, 0.2) is 0 Å². The summed E-state index contributed by atoms with van der Waals surface area (Å²) in [4.78, 5) is 0. The van der Waals surface area contributed by atoms with E-state index in [0.29, 0.717) is 23.2 Å². The Bertz CT molecular complexity index is 508. The maximum Gasteiger partial charge on any atom is 0.0546 e. The minimum Gasteiger partial charge on any atom is -0.393 e. The normalized spacial score (nSPS) is 58.5. The number of hydrogen-bond donors (Lipinski definition) is 3. The van der Waals surface area contributed by atoms with Crippen molar-refractivity contribution < 1.29 is 10.2 Å². The van der Waals surface area contributed by atoms with E-state index in [1.54, 1.807) is 0 Å². The largest absolute Gasteiger partial charge is 0.393 e. The predicted molar refractivity (Wildman–Crippen MR) is 96.3 cm³/mol. The van der Waals surface area contributed by atoms with Crippen molar-refractivity contribution in [3.8, 4) is 0 Å². The predicted octanol–water partition coefficient (Wildman–Crippen LogP) is 3.47. The van der Waals surface area contributed by atoms with Crippen molar-refractivity contribution in [2.75, 3.05) is 0 Å². The number of nitrogens with two attached hydrogens (primary N) is 1. The Hall–Kier alpha value is -0.120. The third-order valence-corrected chi connectivity index (χ3v) is 9.63. The van der Waals surface area contributed by atoms with Crippen LogP contribution >= 0.6 is 0 Å². The molecule has 4 fully saturated rings. The van der Waals surface area contributed by atoms with Crippen LogP contribution in [-0.4, -0.2) is 28.0 Å². The van der Waals surface area contributed by atoms with Gasteiger partial charge in [-0.1, -0.05) is 13.8 Å². The van der Waals surface area contributed by atoms with Crippen molar-refractivity contribution in [3.05, 3.63) is 0 Å². The van der Waals surface area contributed by atoms with E-state index >= 15 is 0 Å². The molecule has 0 aromatic carbocycles. The summed E-state index contributed by atoms with van der Waals surface area (Å²) in [6.07, 6.45) is 9.92. The van der Waals surface area contributed by atoms with Gasteiger partial charge in [-0.25, -0.2) is 0 Å². The van der Waals surface area contributed by atoms with E-state index in [1.807, 2.05) is 6.92 Å². The number of rotatable bonds is 1. The number of aliphatic hydroxyl groups excluding tert-OH is 2. The molecule has 0 saturated heterocycles. The highest BCUT2D eigenvalue weighted by Gasteiger charge is 2.66. The Balaban J connectivity index is 1.66. The molecule has 0 aromatic heterocycles. The highest BCUT2D eigenvalue weighted by molar-refractivity contribution is 5.19. The molecule has 0 bridgehead atoms. The van der Waals surface area contributed by atoms with Crippen LogP contribution in [0.4, 0.5) is 0 Å². The molecule has 0 amide bonds. The summed E-state index contributed by atoms with van der Waals surface area (Å²) in [5.74, 6) is 2.37. The minimum absolute atomic E-state index is 0.0774. The van der Waals surface area contributed by atoms with E-state index in [9.17, 15) is 10.2 Å². The maximum absolute atomic E-state index is 10.4. The van der Waals surface area contributed by atoms with Crippen LogP contribution in [0.3, 0.4) is 0 Å². The molecule has 4 saturated carbocycles. The molecule has 138 valence electrons. The van der Waals surface area contributed by atoms with E-state index < -0.39 is 0 Å². The third kappa shape index (κ3) is 2.07. The Morgan fingerprint density at radius 1 is 0.958 bits per heavy atom. The van der Waals surface area contributed by atoms with Crippen LogP contribution in [0.15, 0.2) is 0 Å². The number of aliphatic hydroxyl groups is 2. The van der Waals surface area contributed by atoms with Crippen LogP contribution in [0.2, 0.25) is 0 Å². The highest BCUT2D eigenvalue weighted by Crippen LogP contribution is 2.68. The van der Waals surface area contributed by atoms with Gasteiger partial charge in [0.05, 0.1) is 12.2 Å². The van der Waals surface area contributed by atoms with E-state index in [2.05, 4.69) is 13.8 Å². The molecule has 0 spiro atoms. The molecule has 0 aromatic rings. The van der Waals surface area contributed by atoms with Crippen LogP contribution in [0.1, 0.15) is 78.6 Å². The van der Waals surface area contributed by atoms with Gasteiger partial charge in [0.2, 0.25) is 0 Å². The van der Waals surface area contributed by atoms with Crippen molar-refractivity contribution in [1.29, 1.82) is 0 Å². The second kappa shape index (κ2) is 5.44. The molecule has 0 radical (unpaired) electrons. The van der Waals surface area contributed by atoms with Gasteiger partial charge >= 0.3 is 0 Å². The Kier molecular flexibility index (Phi) is 3.92. The summed E-state index contributed by atoms with van der Waals surface area (Å²) in [6.45, 7) is 6.86. The first kappa shape index (κ1) is 17.3. The highest BCUT2D eigenvalue weighted by atomic mass is 16.3. The van der Waals surface area contributed by atoms with Crippen LogP contribution in [0, 0.1) is 34.5 Å². The van der Waals surface area contributed by atoms with Crippen molar-refractivity contribution in [2.24, 2.45) is 40.2 Å². The van der Waals surface area contributed by atoms with E-state index in [-0.39, 0.29) is 23.2 Å². The van der Waals surface area contributed by atoms with Gasteiger partial charge in [0, 0.05) is 5.54 Å². The fraction of sp³-hybridized carbons (Fsp3) is 1.00. The van der Waals surface area contributed by atoms with Crippen molar-refractivity contribution in [3.63, 3.8) is 0 Å². The summed E-state index contributed by atoms with van der Waals surface area (Å²) >= 11 is 0. The summed E-state index contributed by atoms with van der Waals surface area (Å²) in [5, 5.41) is 20.5. The van der Waals surface area contributed by atoms with Crippen molar-refractivity contribution in [2.45, 2.75) is 96.3 Å². The molecule has 1 unspecified atom stereocenters. The van der Waals surface area contributed by atoms with Crippen molar-refractivity contribution in [1.82, 2.24) is 0 Å². The lowest BCUT2D eigenvalue weighted by Gasteiger charge is -2.64. The molecule has 0 heterocycles. The molecule has 4 rings (SSSR count). The third-order valence-electron chi connectivity index (χ3n) is 9.63. The monoisotopic (exact) mass is 335 g/mol. The second-order valence-electron chi connectivity index (χ2n) is 10.3. The second-order valence-corrected chi connectivity index (χ2v) is 10.3. The van der Waals surface area contributed by atoms with Gasteiger partial charge in [-0.2, -0.15) is 0 Å². The van der Waals surface area contributed by atoms with E-state index in [4.69, 9.17) is 5.73 Å². The SMILES string of the molecule is CC(O)[C@@H]1CC[C@]2(N)[C@@H]3CC[C@@H]4C[C@@H](O)CC[C@]4(C)[C@H]3CC[C@]12C. The van der Waals surface area contributed by atoms with Gasteiger partial charge in [-0.3, -0.25) is 0 Å². The maximum atomic E-state index is 10.4. The molecule has 9 atom stereocenters. The van der Waals surface area contributed by atoms with Crippen LogP contribution in [0.25, 0.3) is 0 Å². The molecule has 0 aliphatic heterocycles. The van der Waals surface area contributed by atoms with Crippen molar-refractivity contribution >= 4 is 0 Å². The number of hydrogen-bond acceptors (Lipinski definition) is 3. The topological polar surface area (TPSA) is 66.5 Å². The lowest BCUT2D eigenvalue weighted by Crippen LogP contribution is -2.66. The molecule has 4 N–H and O–H groups in total. The van der Waals surface area contributed by atoms with E-state index in [1.165, 1.54) is 32.1 Å². The fourth-order valence-corrected chi connectivity index (χ4v) is 8.12. The zero-order valence-corrected chi connectivity index (χ0v) is 15.8. The smallest absolute Gasteiger partial charge is 0.0546 e. The van der Waals surface area contributed by atoms with E-state index in [0.717, 1.165) is 31.6 Å². The van der Waals surface area contributed by atoms with Gasteiger partial charge < -0.3 is 15.9 Å². The molecule has 4 aliphatic rings. The molecular weight excluding hydrogens is 298 g/mol. The first-order chi connectivity index (χ1) is 11.2. The lowest BCUT2D eigenvalue weighted by molar-refractivity contribution is -0.141. The average molecular weight is 336 g/mol. The standard InChI is InChI=1S/C21H37NO2/c1-13(23)16-8-11-21(22)18-5-4-14-12-15(24)6-9-19(14,2)17(18)7-10-20(16,21)3/h13-18,23-24H,4-12,22H2,1-3H3/t13?,14-,15+,16+,17+,18-,19+,20-,21+/m1/s1. The first-order valence-corrected chi connectivity index (χ1v) is 10.4. The molecular formula is C21H37NO2. The van der Waals surface area contributed by atoms with Crippen LogP contribution in [0.5, 0.6) is 0 Å². The molecule has 3 nitrogen and oxygen atoms in total. The van der Waals surface area contributed by atoms with Gasteiger partial charge in [-0.15, -0.1) is 0 Å². The first-order valence-electron chi connectivity index (χ1n) is 10.4. The summed E-state index contributed by atoms with van der Waals surface area (Å²) in [7, 11) is 0. The number of fused-ring (bicyclic) bond motifs is 5. The molecule has 4 aliphatic carbocycles. The zero-order valence-electron chi connectivity index (χ0n) is 15.8. The minimum atomic E-state index is -0.242. The zero-order chi connectivity index (χ0) is 17.3. The van der Waals surface area contributed by atoms with Gasteiger partial charge in [0.25, 0.3) is 0 Å². The Morgan fingerprint density at radius 2 is 1.71 bits per heavy atom. The van der Waals surface area contributed by atoms with Crippen LogP contribution in [-0.2, 0) is 0 Å². The Morgan fingerprint density at radius 3 is 2.42 bits per heavy atom. The summed E-state index contributed by atoms with van der Waals surface area (Å²) in [6, 6.07) is 0. The molecule has 3 heteroatoms. The Labute approximate surface area is 147 Å². The van der Waals surface area contributed by atoms with Gasteiger partial charge in [-0.05, 0) is 99.2 Å². The fourth-order valence-electron chi connectivity index (χ4n) is 8.12. The lowest BCUT2D eigenvalue weighted by atomic mass is 9.42. The quantitative estimate of drug-likeness (QED) is 0.687. The average Bonchev–Trinajstić information content (AvgIpc) is 2.80. The summed E-state index contributed by atoms with van der Waals surface area (Å²) < 4.78 is 0. The molecule has 24 heavy (non-hydrogen) atoms.